The molecule has 0 bridgehead atoms. The molecule has 1 amide bonds. The number of amides is 1. The molecule has 3 aromatic carbocycles. The van der Waals surface area contributed by atoms with Crippen molar-refractivity contribution in [2.24, 2.45) is 0 Å². The summed E-state index contributed by atoms with van der Waals surface area (Å²) in [7, 11) is 0. The molecule has 0 aliphatic carbocycles. The highest BCUT2D eigenvalue weighted by Gasteiger charge is 2.18. The van der Waals surface area contributed by atoms with Crippen LogP contribution in [0.1, 0.15) is 36.3 Å². The lowest BCUT2D eigenvalue weighted by Crippen LogP contribution is -2.32. The second-order valence-corrected chi connectivity index (χ2v) is 9.00. The summed E-state index contributed by atoms with van der Waals surface area (Å²) in [6.45, 7) is 7.28. The van der Waals surface area contributed by atoms with Gasteiger partial charge >= 0.3 is 0 Å². The van der Waals surface area contributed by atoms with Crippen molar-refractivity contribution in [1.29, 1.82) is 0 Å². The number of nitrogens with zero attached hydrogens (tertiary/aromatic N) is 2. The Labute approximate surface area is 210 Å². The number of rotatable bonds is 10. The monoisotopic (exact) mass is 491 g/mol. The highest BCUT2D eigenvalue weighted by atomic mass is 35.5. The average Bonchev–Trinajstić information content (AvgIpc) is 3.22. The minimum absolute atomic E-state index is 0.0875. The molecule has 35 heavy (non-hydrogen) atoms. The maximum atomic E-state index is 12.6. The lowest BCUT2D eigenvalue weighted by Gasteiger charge is -2.17. The van der Waals surface area contributed by atoms with E-state index in [4.69, 9.17) is 26.1 Å². The first-order chi connectivity index (χ1) is 16.9. The lowest BCUT2D eigenvalue weighted by atomic mass is 10.1. The number of para-hydroxylation sites is 3. The number of halogens is 1. The molecule has 0 aliphatic heterocycles. The van der Waals surface area contributed by atoms with Crippen LogP contribution in [0.2, 0.25) is 5.02 Å². The number of hydrogen-bond acceptors (Lipinski definition) is 4. The molecule has 0 aliphatic rings. The molecule has 1 aromatic heterocycles. The van der Waals surface area contributed by atoms with Crippen LogP contribution in [0.5, 0.6) is 11.5 Å². The average molecular weight is 492 g/mol. The van der Waals surface area contributed by atoms with Crippen LogP contribution in [0.3, 0.4) is 0 Å². The Kier molecular flexibility index (Phi) is 7.93. The number of imidazole rings is 1. The van der Waals surface area contributed by atoms with Crippen molar-refractivity contribution in [3.8, 4) is 11.5 Å². The van der Waals surface area contributed by atoms with Gasteiger partial charge in [-0.1, -0.05) is 41.9 Å². The molecule has 0 spiro atoms. The molecular weight excluding hydrogens is 462 g/mol. The summed E-state index contributed by atoms with van der Waals surface area (Å²) >= 11 is 5.90. The molecule has 1 heterocycles. The summed E-state index contributed by atoms with van der Waals surface area (Å²) in [5.74, 6) is 2.13. The van der Waals surface area contributed by atoms with E-state index in [0.29, 0.717) is 17.4 Å². The molecule has 4 aromatic rings. The number of nitrogens with one attached hydrogen (secondary N) is 1. The number of hydrogen-bond donors (Lipinski definition) is 1. The summed E-state index contributed by atoms with van der Waals surface area (Å²) in [4.78, 5) is 17.4. The van der Waals surface area contributed by atoms with Gasteiger partial charge in [0.05, 0.1) is 23.7 Å². The van der Waals surface area contributed by atoms with E-state index in [1.807, 2.05) is 31.2 Å². The van der Waals surface area contributed by atoms with Gasteiger partial charge in [0.1, 0.15) is 17.3 Å². The number of ether oxygens (including phenoxy) is 2. The number of carbonyl (C=O) groups is 1. The minimum atomic E-state index is -0.289. The molecule has 0 saturated carbocycles. The first kappa shape index (κ1) is 24.6. The van der Waals surface area contributed by atoms with Crippen molar-refractivity contribution in [2.45, 2.75) is 39.8 Å². The molecule has 1 atom stereocenters. The van der Waals surface area contributed by atoms with Gasteiger partial charge in [-0.05, 0) is 74.7 Å². The van der Waals surface area contributed by atoms with Crippen molar-refractivity contribution in [2.75, 3.05) is 13.2 Å². The summed E-state index contributed by atoms with van der Waals surface area (Å²) in [5.41, 5.74) is 4.21. The molecule has 7 heteroatoms. The van der Waals surface area contributed by atoms with Gasteiger partial charge in [0.25, 0.3) is 5.91 Å². The number of aryl methyl sites for hydroxylation is 3. The molecule has 6 nitrogen and oxygen atoms in total. The van der Waals surface area contributed by atoms with Gasteiger partial charge in [0, 0.05) is 11.6 Å². The van der Waals surface area contributed by atoms with E-state index in [1.54, 1.807) is 24.3 Å². The second kappa shape index (κ2) is 11.3. The van der Waals surface area contributed by atoms with Gasteiger partial charge in [0.15, 0.2) is 6.61 Å². The molecule has 1 N–H and O–H groups in total. The molecule has 1 unspecified atom stereocenters. The Balaban J connectivity index is 1.40. The highest BCUT2D eigenvalue weighted by molar-refractivity contribution is 6.30. The van der Waals surface area contributed by atoms with E-state index in [1.165, 1.54) is 0 Å². The quantitative estimate of drug-likeness (QED) is 0.275. The standard InChI is InChI=1S/C28H30ClN3O3/c1-19-8-6-9-20(2)27(19)34-17-7-16-32-25-11-5-4-10-24(25)31-28(32)21(3)30-26(33)18-35-23-14-12-22(29)13-15-23/h4-6,8-15,21H,7,16-18H2,1-3H3,(H,30,33). The van der Waals surface area contributed by atoms with Gasteiger partial charge in [-0.15, -0.1) is 0 Å². The summed E-state index contributed by atoms with van der Waals surface area (Å²) < 4.78 is 13.8. The fourth-order valence-electron chi connectivity index (χ4n) is 4.11. The fraction of sp³-hybridized carbons (Fsp3) is 0.286. The smallest absolute Gasteiger partial charge is 0.258 e. The Morgan fingerprint density at radius 2 is 1.71 bits per heavy atom. The van der Waals surface area contributed by atoms with E-state index in [0.717, 1.165) is 46.7 Å². The van der Waals surface area contributed by atoms with Gasteiger partial charge in [-0.25, -0.2) is 4.98 Å². The third-order valence-corrected chi connectivity index (χ3v) is 6.07. The largest absolute Gasteiger partial charge is 0.493 e. The fourth-order valence-corrected chi connectivity index (χ4v) is 4.24. The van der Waals surface area contributed by atoms with Crippen LogP contribution in [0.15, 0.2) is 66.7 Å². The molecule has 0 radical (unpaired) electrons. The third kappa shape index (κ3) is 6.14. The Morgan fingerprint density at radius 3 is 2.46 bits per heavy atom. The van der Waals surface area contributed by atoms with Gasteiger partial charge in [-0.2, -0.15) is 0 Å². The van der Waals surface area contributed by atoms with Crippen molar-refractivity contribution in [1.82, 2.24) is 14.9 Å². The topological polar surface area (TPSA) is 65.4 Å². The first-order valence-corrected chi connectivity index (χ1v) is 12.1. The Bertz CT molecular complexity index is 1280. The van der Waals surface area contributed by atoms with E-state index in [-0.39, 0.29) is 18.6 Å². The van der Waals surface area contributed by atoms with Crippen LogP contribution in [-0.4, -0.2) is 28.7 Å². The predicted molar refractivity (Wildman–Crippen MR) is 139 cm³/mol. The molecule has 0 saturated heterocycles. The van der Waals surface area contributed by atoms with Crippen LogP contribution in [0.4, 0.5) is 0 Å². The zero-order valence-corrected chi connectivity index (χ0v) is 21.0. The highest BCUT2D eigenvalue weighted by Crippen LogP contribution is 2.24. The normalized spacial score (nSPS) is 11.9. The lowest BCUT2D eigenvalue weighted by molar-refractivity contribution is -0.123. The SMILES string of the molecule is Cc1cccc(C)c1OCCCn1c(C(C)NC(=O)COc2ccc(Cl)cc2)nc2ccccc21. The van der Waals surface area contributed by atoms with Crippen molar-refractivity contribution < 1.29 is 14.3 Å². The van der Waals surface area contributed by atoms with E-state index < -0.39 is 0 Å². The minimum Gasteiger partial charge on any atom is -0.493 e. The number of fused-ring (bicyclic) bond motifs is 1. The van der Waals surface area contributed by atoms with E-state index >= 15 is 0 Å². The van der Waals surface area contributed by atoms with Crippen LogP contribution in [0.25, 0.3) is 11.0 Å². The van der Waals surface area contributed by atoms with Crippen molar-refractivity contribution in [3.05, 3.63) is 88.7 Å². The molecule has 4 rings (SSSR count). The number of carbonyl (C=O) groups excluding carboxylic acids is 1. The van der Waals surface area contributed by atoms with Crippen LogP contribution in [0, 0.1) is 13.8 Å². The molecular formula is C28H30ClN3O3. The van der Waals surface area contributed by atoms with Crippen LogP contribution < -0.4 is 14.8 Å². The maximum absolute atomic E-state index is 12.6. The van der Waals surface area contributed by atoms with Gasteiger partial charge in [0.2, 0.25) is 0 Å². The Hall–Kier alpha value is -3.51. The summed E-state index contributed by atoms with van der Waals surface area (Å²) in [6, 6.07) is 20.8. The van der Waals surface area contributed by atoms with Crippen molar-refractivity contribution in [3.63, 3.8) is 0 Å². The molecule has 0 fully saturated rings. The molecule has 182 valence electrons. The predicted octanol–water partition coefficient (Wildman–Crippen LogP) is 6.03. The van der Waals surface area contributed by atoms with Gasteiger partial charge in [-0.3, -0.25) is 4.79 Å². The first-order valence-electron chi connectivity index (χ1n) is 11.7. The second-order valence-electron chi connectivity index (χ2n) is 8.57. The number of aromatic nitrogens is 2. The maximum Gasteiger partial charge on any atom is 0.258 e. The van der Waals surface area contributed by atoms with Gasteiger partial charge < -0.3 is 19.4 Å². The Morgan fingerprint density at radius 1 is 1.00 bits per heavy atom. The van der Waals surface area contributed by atoms with Crippen molar-refractivity contribution >= 4 is 28.5 Å². The van der Waals surface area contributed by atoms with Crippen LogP contribution >= 0.6 is 11.6 Å². The summed E-state index contributed by atoms with van der Waals surface area (Å²) in [5, 5.41) is 3.63. The van der Waals surface area contributed by atoms with Crippen LogP contribution in [-0.2, 0) is 11.3 Å². The van der Waals surface area contributed by atoms with E-state index in [2.05, 4.69) is 41.9 Å². The zero-order chi connectivity index (χ0) is 24.8. The number of benzene rings is 3. The zero-order valence-electron chi connectivity index (χ0n) is 20.3. The summed E-state index contributed by atoms with van der Waals surface area (Å²) in [6.07, 6.45) is 0.807. The third-order valence-electron chi connectivity index (χ3n) is 5.81. The van der Waals surface area contributed by atoms with E-state index in [9.17, 15) is 4.79 Å².